The van der Waals surface area contributed by atoms with Gasteiger partial charge >= 0.3 is 24.2 Å². The summed E-state index contributed by atoms with van der Waals surface area (Å²) >= 11 is 0. The van der Waals surface area contributed by atoms with Gasteiger partial charge in [-0.1, -0.05) is 27.7 Å². The Kier molecular flexibility index (Phi) is 12.2. The minimum absolute atomic E-state index is 0.477. The number of amides is 2. The van der Waals surface area contributed by atoms with Crippen molar-refractivity contribution >= 4 is 30.1 Å². The number of carbonyl (C=O) groups is 5. The van der Waals surface area contributed by atoms with E-state index >= 15 is 0 Å². The summed E-state index contributed by atoms with van der Waals surface area (Å²) in [5, 5.41) is 14.4. The second-order valence-electron chi connectivity index (χ2n) is 11.1. The highest BCUT2D eigenvalue weighted by atomic mass is 16.7. The molecular weight excluding hydrogens is 476 g/mol. The van der Waals surface area contributed by atoms with Crippen LogP contribution < -0.4 is 10.6 Å². The largest absolute Gasteiger partial charge is 0.509 e. The van der Waals surface area contributed by atoms with Crippen LogP contribution in [0.5, 0.6) is 0 Å². The number of nitrogens with one attached hydrogen (secondary N) is 2. The normalized spacial score (nSPS) is 15.2. The number of alkyl carbamates (subject to hydrolysis) is 1. The van der Waals surface area contributed by atoms with Crippen LogP contribution in [0.3, 0.4) is 0 Å². The second-order valence-corrected chi connectivity index (χ2v) is 11.1. The molecule has 12 heteroatoms. The highest BCUT2D eigenvalue weighted by Gasteiger charge is 2.42. The molecule has 0 radical (unpaired) electrons. The number of carbonyl (C=O) groups excluding carboxylic acids is 4. The Morgan fingerprint density at radius 1 is 0.694 bits per heavy atom. The molecule has 0 fully saturated rings. The number of hydrogen-bond donors (Lipinski definition) is 3. The molecule has 36 heavy (non-hydrogen) atoms. The van der Waals surface area contributed by atoms with Gasteiger partial charge in [-0.3, -0.25) is 4.79 Å². The van der Waals surface area contributed by atoms with Gasteiger partial charge in [0, 0.05) is 6.92 Å². The highest BCUT2D eigenvalue weighted by molar-refractivity contribution is 5.85. The fraction of sp³-hybridized carbons (Fsp3) is 0.792. The third-order valence-corrected chi connectivity index (χ3v) is 4.40. The van der Waals surface area contributed by atoms with Crippen molar-refractivity contribution in [3.8, 4) is 0 Å². The number of carboxylic acids is 1. The summed E-state index contributed by atoms with van der Waals surface area (Å²) in [6, 6.07) is -3.14. The molecule has 0 aliphatic rings. The average molecular weight is 519 g/mol. The van der Waals surface area contributed by atoms with E-state index in [2.05, 4.69) is 10.6 Å². The van der Waals surface area contributed by atoms with Crippen LogP contribution >= 0.6 is 0 Å². The lowest BCUT2D eigenvalue weighted by Gasteiger charge is -2.33. The predicted octanol–water partition coefficient (Wildman–Crippen LogP) is 3.01. The van der Waals surface area contributed by atoms with E-state index in [4.69, 9.17) is 18.9 Å². The maximum atomic E-state index is 13.2. The molecule has 0 bridgehead atoms. The molecule has 0 saturated heterocycles. The maximum absolute atomic E-state index is 13.2. The van der Waals surface area contributed by atoms with Crippen LogP contribution in [-0.2, 0) is 33.3 Å². The van der Waals surface area contributed by atoms with E-state index in [0.29, 0.717) is 0 Å². The standard InChI is InChI=1S/C24H42N2O10/c1-12(2)17(15(19(28)29)26-21(31)35-23(6,7)8)33-20(30)16(25-14(5)27)18(13(3)4)34-22(32)36-24(9,10)11/h12-13,15-18H,1-11H3,(H,25,27)(H,26,31)(H,28,29)/t15-,16-,17+,18+/m0/s1. The molecule has 12 nitrogen and oxygen atoms in total. The monoisotopic (exact) mass is 518 g/mol. The Labute approximate surface area is 212 Å². The highest BCUT2D eigenvalue weighted by Crippen LogP contribution is 2.20. The third-order valence-electron chi connectivity index (χ3n) is 4.40. The summed E-state index contributed by atoms with van der Waals surface area (Å²) in [7, 11) is 0. The summed E-state index contributed by atoms with van der Waals surface area (Å²) in [6.45, 7) is 17.4. The van der Waals surface area contributed by atoms with E-state index in [1.807, 2.05) is 0 Å². The Morgan fingerprint density at radius 2 is 1.14 bits per heavy atom. The fourth-order valence-electron chi connectivity index (χ4n) is 2.98. The van der Waals surface area contributed by atoms with Gasteiger partial charge in [0.15, 0.2) is 12.1 Å². The van der Waals surface area contributed by atoms with Gasteiger partial charge in [0.1, 0.15) is 23.4 Å². The van der Waals surface area contributed by atoms with E-state index in [0.717, 1.165) is 6.92 Å². The first-order chi connectivity index (χ1) is 16.1. The molecule has 0 aromatic carbocycles. The molecule has 4 atom stereocenters. The van der Waals surface area contributed by atoms with Crippen molar-refractivity contribution in [2.75, 3.05) is 0 Å². The quantitative estimate of drug-likeness (QED) is 0.289. The smallest absolute Gasteiger partial charge is 0.480 e. The van der Waals surface area contributed by atoms with Gasteiger partial charge < -0.3 is 34.7 Å². The van der Waals surface area contributed by atoms with E-state index in [1.54, 1.807) is 69.2 Å². The summed E-state index contributed by atoms with van der Waals surface area (Å²) in [5.41, 5.74) is -1.76. The van der Waals surface area contributed by atoms with Crippen LogP contribution in [0.15, 0.2) is 0 Å². The van der Waals surface area contributed by atoms with Crippen molar-refractivity contribution in [3.63, 3.8) is 0 Å². The molecule has 0 aliphatic carbocycles. The molecule has 0 aromatic rings. The molecule has 0 rings (SSSR count). The number of rotatable bonds is 10. The number of esters is 1. The SMILES string of the molecule is CC(=O)N[C@H](C(=O)O[C@H](C(C)C)[C@H](NC(=O)OC(C)(C)C)C(=O)O)[C@H](OC(=O)OC(C)(C)C)C(C)C. The van der Waals surface area contributed by atoms with Crippen molar-refractivity contribution in [3.05, 3.63) is 0 Å². The Morgan fingerprint density at radius 3 is 1.50 bits per heavy atom. The zero-order valence-corrected chi connectivity index (χ0v) is 23.1. The minimum Gasteiger partial charge on any atom is -0.480 e. The maximum Gasteiger partial charge on any atom is 0.509 e. The first-order valence-corrected chi connectivity index (χ1v) is 11.7. The van der Waals surface area contributed by atoms with Crippen molar-refractivity contribution in [2.24, 2.45) is 11.8 Å². The van der Waals surface area contributed by atoms with Crippen molar-refractivity contribution < 1.29 is 48.0 Å². The van der Waals surface area contributed by atoms with Gasteiger partial charge in [-0.05, 0) is 53.4 Å². The molecule has 0 spiro atoms. The predicted molar refractivity (Wildman–Crippen MR) is 129 cm³/mol. The van der Waals surface area contributed by atoms with Gasteiger partial charge in [0.05, 0.1) is 0 Å². The lowest BCUT2D eigenvalue weighted by molar-refractivity contribution is -0.165. The zero-order chi connectivity index (χ0) is 28.6. The first kappa shape index (κ1) is 33.0. The van der Waals surface area contributed by atoms with E-state index < -0.39 is 77.4 Å². The number of ether oxygens (including phenoxy) is 4. The molecule has 0 aromatic heterocycles. The van der Waals surface area contributed by atoms with E-state index in [-0.39, 0.29) is 0 Å². The third kappa shape index (κ3) is 12.6. The molecule has 0 aliphatic heterocycles. The van der Waals surface area contributed by atoms with Crippen LogP contribution in [0, 0.1) is 11.8 Å². The zero-order valence-electron chi connectivity index (χ0n) is 23.1. The van der Waals surface area contributed by atoms with Gasteiger partial charge in [-0.25, -0.2) is 19.2 Å². The Hall–Kier alpha value is -3.05. The lowest BCUT2D eigenvalue weighted by Crippen LogP contribution is -2.57. The summed E-state index contributed by atoms with van der Waals surface area (Å²) in [4.78, 5) is 61.6. The average Bonchev–Trinajstić information content (AvgIpc) is 2.63. The molecule has 208 valence electrons. The summed E-state index contributed by atoms with van der Waals surface area (Å²) in [6.07, 6.45) is -4.62. The number of carboxylic acid groups (broad SMARTS) is 1. The van der Waals surface area contributed by atoms with E-state index in [9.17, 15) is 29.1 Å². The van der Waals surface area contributed by atoms with Crippen LogP contribution in [0.1, 0.15) is 76.2 Å². The van der Waals surface area contributed by atoms with Crippen molar-refractivity contribution in [2.45, 2.75) is 112 Å². The van der Waals surface area contributed by atoms with Gasteiger partial charge in [-0.15, -0.1) is 0 Å². The molecule has 3 N–H and O–H groups in total. The summed E-state index contributed by atoms with van der Waals surface area (Å²) < 4.78 is 21.1. The topological polar surface area (TPSA) is 167 Å². The minimum atomic E-state index is -1.66. The molecule has 0 heterocycles. The van der Waals surface area contributed by atoms with Crippen LogP contribution in [-0.4, -0.2) is 70.7 Å². The number of hydrogen-bond acceptors (Lipinski definition) is 9. The first-order valence-electron chi connectivity index (χ1n) is 11.7. The lowest BCUT2D eigenvalue weighted by atomic mass is 9.97. The molecule has 2 amide bonds. The van der Waals surface area contributed by atoms with Crippen LogP contribution in [0.2, 0.25) is 0 Å². The van der Waals surface area contributed by atoms with Gasteiger partial charge in [-0.2, -0.15) is 0 Å². The molecule has 0 saturated carbocycles. The second kappa shape index (κ2) is 13.3. The van der Waals surface area contributed by atoms with E-state index in [1.165, 1.54) is 0 Å². The van der Waals surface area contributed by atoms with Crippen molar-refractivity contribution in [1.82, 2.24) is 10.6 Å². The Balaban J connectivity index is 6.02. The number of aliphatic carboxylic acids is 1. The van der Waals surface area contributed by atoms with Gasteiger partial charge in [0.2, 0.25) is 5.91 Å². The fourth-order valence-corrected chi connectivity index (χ4v) is 2.98. The van der Waals surface area contributed by atoms with Crippen LogP contribution in [0.25, 0.3) is 0 Å². The van der Waals surface area contributed by atoms with Crippen molar-refractivity contribution in [1.29, 1.82) is 0 Å². The van der Waals surface area contributed by atoms with Crippen LogP contribution in [0.4, 0.5) is 9.59 Å². The summed E-state index contributed by atoms with van der Waals surface area (Å²) in [5.74, 6) is -4.18. The van der Waals surface area contributed by atoms with Gasteiger partial charge in [0.25, 0.3) is 0 Å². The molecule has 0 unspecified atom stereocenters. The Bertz CT molecular complexity index is 796. The molecular formula is C24H42N2O10.